The van der Waals surface area contributed by atoms with Gasteiger partial charge in [-0.2, -0.15) is 0 Å². The fourth-order valence-electron chi connectivity index (χ4n) is 0.657. The van der Waals surface area contributed by atoms with Gasteiger partial charge in [-0.15, -0.1) is 0 Å². The van der Waals surface area contributed by atoms with Gasteiger partial charge in [-0.1, -0.05) is 27.7 Å². The summed E-state index contributed by atoms with van der Waals surface area (Å²) in [5, 5.41) is 2.52. The normalized spacial score (nSPS) is 7.77. The summed E-state index contributed by atoms with van der Waals surface area (Å²) >= 11 is 0. The fourth-order valence-corrected chi connectivity index (χ4v) is 0.657. The lowest BCUT2D eigenvalue weighted by Gasteiger charge is -2.02. The second-order valence-corrected chi connectivity index (χ2v) is 1.70. The zero-order valence-corrected chi connectivity index (χ0v) is 8.89. The fraction of sp³-hybridized carbons (Fsp3) is 0.556. The van der Waals surface area contributed by atoms with Crippen LogP contribution in [0.25, 0.3) is 0 Å². The monoisotopic (exact) mass is 186 g/mol. The van der Waals surface area contributed by atoms with Crippen molar-refractivity contribution in [1.29, 1.82) is 0 Å². The number of nitrogens with one attached hydrogen (secondary N) is 1. The molecule has 1 aromatic rings. The Balaban J connectivity index is 0. The van der Waals surface area contributed by atoms with Crippen LogP contribution in [0.15, 0.2) is 9.59 Å². The molecule has 0 aliphatic carbocycles. The molecule has 13 heavy (non-hydrogen) atoms. The summed E-state index contributed by atoms with van der Waals surface area (Å²) in [5.74, 6) is 0. The molecule has 0 unspecified atom stereocenters. The molecular formula is C9H18N2O2. The molecule has 0 aromatic heterocycles. The van der Waals surface area contributed by atoms with Crippen LogP contribution in [-0.4, -0.2) is 7.05 Å². The summed E-state index contributed by atoms with van der Waals surface area (Å²) < 4.78 is 0. The molecule has 1 rings (SSSR count). The first-order valence-electron chi connectivity index (χ1n) is 4.45. The van der Waals surface area contributed by atoms with Crippen LogP contribution in [0, 0.1) is 0 Å². The third-order valence-corrected chi connectivity index (χ3v) is 1.20. The van der Waals surface area contributed by atoms with Crippen molar-refractivity contribution in [3.8, 4) is 0 Å². The molecule has 0 atom stereocenters. The molecular weight excluding hydrogens is 168 g/mol. The highest BCUT2D eigenvalue weighted by molar-refractivity contribution is 5.70. The summed E-state index contributed by atoms with van der Waals surface area (Å²) in [6.45, 7) is 8.00. The third-order valence-electron chi connectivity index (χ3n) is 1.20. The topological polar surface area (TPSA) is 72.2 Å². The van der Waals surface area contributed by atoms with E-state index in [1.165, 1.54) is 0 Å². The average Bonchev–Trinajstić information content (AvgIpc) is 2.24. The van der Waals surface area contributed by atoms with Gasteiger partial charge in [-0.3, -0.25) is 9.59 Å². The van der Waals surface area contributed by atoms with E-state index in [1.807, 2.05) is 27.7 Å². The zero-order chi connectivity index (χ0) is 11.0. The Kier molecular flexibility index (Phi) is 8.02. The van der Waals surface area contributed by atoms with Gasteiger partial charge in [0.15, 0.2) is 0 Å². The van der Waals surface area contributed by atoms with Gasteiger partial charge in [-0.25, -0.2) is 0 Å². The Morgan fingerprint density at radius 1 is 1.00 bits per heavy atom. The zero-order valence-electron chi connectivity index (χ0n) is 8.89. The minimum Gasteiger partial charge on any atom is -0.394 e. The number of nitrogens with two attached hydrogens (primary N) is 1. The van der Waals surface area contributed by atoms with E-state index >= 15 is 0 Å². The van der Waals surface area contributed by atoms with E-state index in [4.69, 9.17) is 5.73 Å². The lowest BCUT2D eigenvalue weighted by molar-refractivity contribution is 1.36. The van der Waals surface area contributed by atoms with Crippen LogP contribution in [0.1, 0.15) is 27.7 Å². The summed E-state index contributed by atoms with van der Waals surface area (Å²) in [6.07, 6.45) is 0. The van der Waals surface area contributed by atoms with Crippen molar-refractivity contribution in [3.05, 3.63) is 20.4 Å². The molecule has 76 valence electrons. The molecule has 0 saturated heterocycles. The van der Waals surface area contributed by atoms with E-state index in [0.717, 1.165) is 0 Å². The Bertz CT molecular complexity index is 298. The number of hydrogen-bond donors (Lipinski definition) is 2. The van der Waals surface area contributed by atoms with E-state index in [2.05, 4.69) is 5.32 Å². The lowest BCUT2D eigenvalue weighted by Crippen LogP contribution is -2.36. The maximum absolute atomic E-state index is 10.5. The van der Waals surface area contributed by atoms with Crippen molar-refractivity contribution in [2.24, 2.45) is 0 Å². The molecule has 1 aromatic carbocycles. The molecule has 0 saturated carbocycles. The third kappa shape index (κ3) is 2.89. The lowest BCUT2D eigenvalue weighted by atomic mass is 10.2. The van der Waals surface area contributed by atoms with Crippen LogP contribution in [0.4, 0.5) is 11.4 Å². The van der Waals surface area contributed by atoms with Crippen LogP contribution >= 0.6 is 0 Å². The number of hydrogen-bond acceptors (Lipinski definition) is 4. The predicted molar refractivity (Wildman–Crippen MR) is 58.0 cm³/mol. The van der Waals surface area contributed by atoms with Crippen molar-refractivity contribution in [1.82, 2.24) is 0 Å². The van der Waals surface area contributed by atoms with E-state index in [1.54, 1.807) is 7.05 Å². The largest absolute Gasteiger partial charge is 0.394 e. The first-order valence-corrected chi connectivity index (χ1v) is 4.45. The molecule has 0 aliphatic rings. The standard InChI is InChI=1S/C5H6N2O2.2C2H6/c1-7-3-2(6)4(8)5(3)9;2*1-2/h7H,6H2,1H3;2*1-2H3. The second kappa shape index (κ2) is 7.34. The predicted octanol–water partition coefficient (Wildman–Crippen LogP) is 0.959. The summed E-state index contributed by atoms with van der Waals surface area (Å²) in [7, 11) is 1.55. The minimum atomic E-state index is -0.584. The van der Waals surface area contributed by atoms with E-state index in [-0.39, 0.29) is 11.4 Å². The Hall–Kier alpha value is -1.32. The van der Waals surface area contributed by atoms with Gasteiger partial charge in [0.2, 0.25) is 0 Å². The van der Waals surface area contributed by atoms with Gasteiger partial charge in [0.1, 0.15) is 11.4 Å². The van der Waals surface area contributed by atoms with Gasteiger partial charge in [-0.05, 0) is 0 Å². The van der Waals surface area contributed by atoms with Crippen molar-refractivity contribution in [2.45, 2.75) is 27.7 Å². The molecule has 3 N–H and O–H groups in total. The second-order valence-electron chi connectivity index (χ2n) is 1.70. The number of anilines is 2. The summed E-state index contributed by atoms with van der Waals surface area (Å²) in [6, 6.07) is 0. The molecule has 0 fully saturated rings. The number of nitrogen functional groups attached to an aromatic ring is 1. The molecule has 0 heterocycles. The number of rotatable bonds is 1. The van der Waals surface area contributed by atoms with Crippen LogP contribution < -0.4 is 21.9 Å². The maximum Gasteiger partial charge on any atom is 0.253 e. The van der Waals surface area contributed by atoms with Crippen LogP contribution in [-0.2, 0) is 0 Å². The highest BCUT2D eigenvalue weighted by Gasteiger charge is 2.14. The SMILES string of the molecule is CC.CC.CNc1c(N)c(=O)c1=O. The molecule has 0 bridgehead atoms. The van der Waals surface area contributed by atoms with Crippen molar-refractivity contribution < 1.29 is 0 Å². The Labute approximate surface area is 78.5 Å². The highest BCUT2D eigenvalue weighted by Crippen LogP contribution is 2.06. The molecule has 0 aliphatic heterocycles. The van der Waals surface area contributed by atoms with E-state index in [0.29, 0.717) is 0 Å². The van der Waals surface area contributed by atoms with Gasteiger partial charge in [0.05, 0.1) is 0 Å². The summed E-state index contributed by atoms with van der Waals surface area (Å²) in [5.41, 5.74) is 4.29. The molecule has 0 radical (unpaired) electrons. The van der Waals surface area contributed by atoms with Crippen molar-refractivity contribution in [3.63, 3.8) is 0 Å². The van der Waals surface area contributed by atoms with Crippen LogP contribution in [0.2, 0.25) is 0 Å². The van der Waals surface area contributed by atoms with Crippen molar-refractivity contribution in [2.75, 3.05) is 18.1 Å². The first kappa shape index (κ1) is 14.2. The molecule has 0 spiro atoms. The minimum absolute atomic E-state index is 0.0440. The van der Waals surface area contributed by atoms with Crippen molar-refractivity contribution >= 4 is 11.4 Å². The van der Waals surface area contributed by atoms with Gasteiger partial charge < -0.3 is 11.1 Å². The maximum atomic E-state index is 10.5. The molecule has 0 amide bonds. The smallest absolute Gasteiger partial charge is 0.253 e. The van der Waals surface area contributed by atoms with E-state index < -0.39 is 10.9 Å². The molecule has 4 nitrogen and oxygen atoms in total. The first-order chi connectivity index (χ1) is 6.18. The Morgan fingerprint density at radius 3 is 1.54 bits per heavy atom. The quantitative estimate of drug-likeness (QED) is 0.641. The van der Waals surface area contributed by atoms with Crippen LogP contribution in [0.5, 0.6) is 0 Å². The van der Waals surface area contributed by atoms with Gasteiger partial charge in [0, 0.05) is 7.05 Å². The Morgan fingerprint density at radius 2 is 1.38 bits per heavy atom. The van der Waals surface area contributed by atoms with Gasteiger partial charge in [0.25, 0.3) is 10.9 Å². The van der Waals surface area contributed by atoms with E-state index in [9.17, 15) is 9.59 Å². The molecule has 4 heteroatoms. The average molecular weight is 186 g/mol. The van der Waals surface area contributed by atoms with Crippen LogP contribution in [0.3, 0.4) is 0 Å². The highest BCUT2D eigenvalue weighted by atomic mass is 16.2. The summed E-state index contributed by atoms with van der Waals surface area (Å²) in [4.78, 5) is 20.8. The van der Waals surface area contributed by atoms with Gasteiger partial charge >= 0.3 is 0 Å².